The minimum atomic E-state index is -0.208. The molecule has 19 heavy (non-hydrogen) atoms. The summed E-state index contributed by atoms with van der Waals surface area (Å²) in [5, 5.41) is 2.00. The maximum absolute atomic E-state index is 12.0. The molecule has 5 nitrogen and oxygen atoms in total. The molecule has 0 bridgehead atoms. The third-order valence-corrected chi connectivity index (χ3v) is 4.21. The molecule has 1 aliphatic heterocycles. The van der Waals surface area contributed by atoms with E-state index in [0.29, 0.717) is 6.61 Å². The van der Waals surface area contributed by atoms with E-state index in [1.54, 1.807) is 17.7 Å². The highest BCUT2D eigenvalue weighted by Gasteiger charge is 2.33. The van der Waals surface area contributed by atoms with Gasteiger partial charge in [0, 0.05) is 6.54 Å². The van der Waals surface area contributed by atoms with Crippen molar-refractivity contribution in [3.8, 4) is 0 Å². The molecule has 6 heteroatoms. The number of rotatable bonds is 3. The molecular weight excluding hydrogens is 262 g/mol. The number of carbonyl (C=O) groups excluding carboxylic acids is 1. The Bertz CT molecular complexity index is 598. The van der Waals surface area contributed by atoms with E-state index in [0.717, 1.165) is 35.4 Å². The maximum Gasteiger partial charge on any atom is 0.328 e. The van der Waals surface area contributed by atoms with Crippen LogP contribution in [0.5, 0.6) is 0 Å². The molecule has 0 saturated carbocycles. The van der Waals surface area contributed by atoms with Crippen molar-refractivity contribution in [3.05, 3.63) is 17.8 Å². The molecule has 0 aromatic carbocycles. The molecule has 3 heterocycles. The van der Waals surface area contributed by atoms with Crippen molar-refractivity contribution in [2.45, 2.75) is 25.8 Å². The van der Waals surface area contributed by atoms with Gasteiger partial charge in [0.1, 0.15) is 12.4 Å². The Morgan fingerprint density at radius 1 is 1.58 bits per heavy atom. The zero-order chi connectivity index (χ0) is 13.2. The van der Waals surface area contributed by atoms with Crippen LogP contribution in [0.3, 0.4) is 0 Å². The normalized spacial score (nSPS) is 19.0. The predicted octanol–water partition coefficient (Wildman–Crippen LogP) is 2.22. The summed E-state index contributed by atoms with van der Waals surface area (Å²) in [5.74, 6) is 0.707. The number of esters is 1. The number of hydrogen-bond acceptors (Lipinski definition) is 6. The van der Waals surface area contributed by atoms with Gasteiger partial charge in [0.2, 0.25) is 0 Å². The van der Waals surface area contributed by atoms with Gasteiger partial charge in [0.05, 0.1) is 16.8 Å². The second-order valence-electron chi connectivity index (χ2n) is 4.44. The molecule has 3 rings (SSSR count). The number of ether oxygens (including phenoxy) is 1. The van der Waals surface area contributed by atoms with Crippen molar-refractivity contribution in [1.29, 1.82) is 0 Å². The maximum atomic E-state index is 12.0. The molecule has 0 N–H and O–H groups in total. The van der Waals surface area contributed by atoms with E-state index in [2.05, 4.69) is 14.9 Å². The summed E-state index contributed by atoms with van der Waals surface area (Å²) in [4.78, 5) is 22.7. The van der Waals surface area contributed by atoms with E-state index in [1.165, 1.54) is 0 Å². The second kappa shape index (κ2) is 5.13. The lowest BCUT2D eigenvalue weighted by Crippen LogP contribution is -2.37. The fourth-order valence-corrected chi connectivity index (χ4v) is 3.33. The highest BCUT2D eigenvalue weighted by Crippen LogP contribution is 2.32. The number of hydrogen-bond donors (Lipinski definition) is 0. The van der Waals surface area contributed by atoms with Gasteiger partial charge in [-0.2, -0.15) is 0 Å². The topological polar surface area (TPSA) is 55.3 Å². The first-order valence-corrected chi connectivity index (χ1v) is 7.30. The van der Waals surface area contributed by atoms with Crippen LogP contribution in [-0.2, 0) is 9.53 Å². The van der Waals surface area contributed by atoms with Crippen molar-refractivity contribution >= 4 is 33.3 Å². The number of fused-ring (bicyclic) bond motifs is 1. The largest absolute Gasteiger partial charge is 0.464 e. The molecule has 100 valence electrons. The first-order chi connectivity index (χ1) is 9.31. The molecule has 0 amide bonds. The van der Waals surface area contributed by atoms with Crippen LogP contribution in [-0.4, -0.2) is 35.1 Å². The van der Waals surface area contributed by atoms with Gasteiger partial charge in [-0.15, -0.1) is 11.3 Å². The van der Waals surface area contributed by atoms with Crippen LogP contribution in [0.4, 0.5) is 5.82 Å². The molecule has 0 radical (unpaired) electrons. The van der Waals surface area contributed by atoms with Gasteiger partial charge >= 0.3 is 5.97 Å². The zero-order valence-corrected chi connectivity index (χ0v) is 11.5. The smallest absolute Gasteiger partial charge is 0.328 e. The lowest BCUT2D eigenvalue weighted by atomic mass is 10.2. The van der Waals surface area contributed by atoms with Gasteiger partial charge in [-0.25, -0.2) is 14.8 Å². The van der Waals surface area contributed by atoms with Crippen LogP contribution in [0.15, 0.2) is 17.8 Å². The van der Waals surface area contributed by atoms with Gasteiger partial charge in [-0.05, 0) is 31.2 Å². The quantitative estimate of drug-likeness (QED) is 0.805. The number of nitrogens with zero attached hydrogens (tertiary/aromatic N) is 3. The van der Waals surface area contributed by atoms with Gasteiger partial charge < -0.3 is 9.64 Å². The molecule has 1 atom stereocenters. The van der Waals surface area contributed by atoms with E-state index < -0.39 is 0 Å². The van der Waals surface area contributed by atoms with E-state index in [1.807, 2.05) is 18.4 Å². The zero-order valence-electron chi connectivity index (χ0n) is 10.7. The summed E-state index contributed by atoms with van der Waals surface area (Å²) >= 11 is 1.61. The lowest BCUT2D eigenvalue weighted by Gasteiger charge is -2.24. The molecule has 2 aromatic rings. The Balaban J connectivity index is 1.96. The fraction of sp³-hybridized carbons (Fsp3) is 0.462. The first-order valence-electron chi connectivity index (χ1n) is 6.42. The Labute approximate surface area is 115 Å². The van der Waals surface area contributed by atoms with Crippen LogP contribution in [0.1, 0.15) is 19.8 Å². The monoisotopic (exact) mass is 277 g/mol. The Hall–Kier alpha value is -1.69. The highest BCUT2D eigenvalue weighted by atomic mass is 32.1. The summed E-state index contributed by atoms with van der Waals surface area (Å²) in [6.45, 7) is 3.09. The number of carbonyl (C=O) groups is 1. The van der Waals surface area contributed by atoms with Gasteiger partial charge in [-0.3, -0.25) is 0 Å². The molecule has 1 aliphatic rings. The van der Waals surface area contributed by atoms with Crippen molar-refractivity contribution in [2.75, 3.05) is 18.1 Å². The summed E-state index contributed by atoms with van der Waals surface area (Å²) in [5.41, 5.74) is 0.935. The SMILES string of the molecule is CCOC(=O)C1CCCN1c1ncnc2ccsc12. The fourth-order valence-electron chi connectivity index (χ4n) is 2.48. The number of anilines is 1. The van der Waals surface area contributed by atoms with E-state index in [9.17, 15) is 4.79 Å². The summed E-state index contributed by atoms with van der Waals surface area (Å²) in [6.07, 6.45) is 3.38. The minimum Gasteiger partial charge on any atom is -0.464 e. The van der Waals surface area contributed by atoms with E-state index >= 15 is 0 Å². The van der Waals surface area contributed by atoms with E-state index in [4.69, 9.17) is 4.74 Å². The third-order valence-electron chi connectivity index (χ3n) is 3.31. The summed E-state index contributed by atoms with van der Waals surface area (Å²) in [7, 11) is 0. The Morgan fingerprint density at radius 3 is 3.32 bits per heavy atom. The van der Waals surface area contributed by atoms with Crippen LogP contribution in [0.2, 0.25) is 0 Å². The third kappa shape index (κ3) is 2.16. The van der Waals surface area contributed by atoms with E-state index in [-0.39, 0.29) is 12.0 Å². The molecule has 1 saturated heterocycles. The van der Waals surface area contributed by atoms with Crippen LogP contribution in [0, 0.1) is 0 Å². The summed E-state index contributed by atoms with van der Waals surface area (Å²) in [6, 6.07) is 1.76. The summed E-state index contributed by atoms with van der Waals surface area (Å²) < 4.78 is 6.19. The molecular formula is C13H15N3O2S. The highest BCUT2D eigenvalue weighted by molar-refractivity contribution is 7.17. The first kappa shape index (κ1) is 12.3. The standard InChI is InChI=1S/C13H15N3O2S/c1-2-18-13(17)10-4-3-6-16(10)12-11-9(5-7-19-11)14-8-15-12/h5,7-8,10H,2-4,6H2,1H3. The van der Waals surface area contributed by atoms with Crippen LogP contribution < -0.4 is 4.90 Å². The molecule has 0 aliphatic carbocycles. The molecule has 2 aromatic heterocycles. The number of aromatic nitrogens is 2. The van der Waals surface area contributed by atoms with Crippen molar-refractivity contribution < 1.29 is 9.53 Å². The molecule has 0 spiro atoms. The molecule has 1 fully saturated rings. The Morgan fingerprint density at radius 2 is 2.47 bits per heavy atom. The predicted molar refractivity (Wildman–Crippen MR) is 74.4 cm³/mol. The van der Waals surface area contributed by atoms with Gasteiger partial charge in [0.25, 0.3) is 0 Å². The Kier molecular flexibility index (Phi) is 3.33. The van der Waals surface area contributed by atoms with Gasteiger partial charge in [-0.1, -0.05) is 0 Å². The van der Waals surface area contributed by atoms with Crippen LogP contribution in [0.25, 0.3) is 10.2 Å². The lowest BCUT2D eigenvalue weighted by molar-refractivity contribution is -0.144. The average molecular weight is 277 g/mol. The average Bonchev–Trinajstić information content (AvgIpc) is 3.07. The van der Waals surface area contributed by atoms with Crippen molar-refractivity contribution in [2.24, 2.45) is 0 Å². The van der Waals surface area contributed by atoms with Crippen molar-refractivity contribution in [1.82, 2.24) is 9.97 Å². The number of thiophene rings is 1. The van der Waals surface area contributed by atoms with Gasteiger partial charge in [0.15, 0.2) is 5.82 Å². The molecule has 1 unspecified atom stereocenters. The minimum absolute atomic E-state index is 0.150. The second-order valence-corrected chi connectivity index (χ2v) is 5.35. The van der Waals surface area contributed by atoms with Crippen LogP contribution >= 0.6 is 11.3 Å². The van der Waals surface area contributed by atoms with Crippen molar-refractivity contribution in [3.63, 3.8) is 0 Å².